The fraction of sp³-hybridized carbons (Fsp3) is 0.571. The Morgan fingerprint density at radius 1 is 1.75 bits per heavy atom. The summed E-state index contributed by atoms with van der Waals surface area (Å²) < 4.78 is 0. The lowest BCUT2D eigenvalue weighted by atomic mass is 10.2. The zero-order valence-corrected chi connectivity index (χ0v) is 5.06. The Morgan fingerprint density at radius 2 is 2.62 bits per heavy atom. The molecule has 1 nitrogen and oxygen atoms in total. The molecule has 1 radical (unpaired) electrons. The van der Waals surface area contributed by atoms with Gasteiger partial charge in [-0.05, 0) is 31.8 Å². The molecule has 1 aliphatic rings. The molecule has 0 aromatic rings. The van der Waals surface area contributed by atoms with Gasteiger partial charge < -0.3 is 5.32 Å². The molecule has 1 atom stereocenters. The lowest BCUT2D eigenvalue weighted by Gasteiger charge is -1.99. The van der Waals surface area contributed by atoms with E-state index in [2.05, 4.69) is 18.3 Å². The number of hydrogen-bond donors (Lipinski definition) is 1. The quantitative estimate of drug-likeness (QED) is 0.561. The molecule has 0 saturated carbocycles. The van der Waals surface area contributed by atoms with Gasteiger partial charge in [0.25, 0.3) is 0 Å². The Hall–Kier alpha value is -0.300. The van der Waals surface area contributed by atoms with E-state index >= 15 is 0 Å². The van der Waals surface area contributed by atoms with Crippen LogP contribution in [0.4, 0.5) is 0 Å². The minimum atomic E-state index is 0.757. The fourth-order valence-electron chi connectivity index (χ4n) is 1.03. The topological polar surface area (TPSA) is 12.0 Å². The molecule has 1 heterocycles. The van der Waals surface area contributed by atoms with Gasteiger partial charge in [0, 0.05) is 0 Å². The number of nitrogens with one attached hydrogen (secondary N) is 1. The van der Waals surface area contributed by atoms with Gasteiger partial charge in [-0.25, -0.2) is 0 Å². The highest BCUT2D eigenvalue weighted by atomic mass is 15.4. The summed E-state index contributed by atoms with van der Waals surface area (Å²) >= 11 is 0. The van der Waals surface area contributed by atoms with E-state index in [0.29, 0.717) is 0 Å². The Balaban J connectivity index is 2.14. The molecule has 8 heavy (non-hydrogen) atoms. The molecule has 0 aromatic heterocycles. The van der Waals surface area contributed by atoms with Crippen LogP contribution < -0.4 is 5.32 Å². The zero-order chi connectivity index (χ0) is 5.82. The number of hydrogen-bond acceptors (Lipinski definition) is 1. The van der Waals surface area contributed by atoms with Crippen LogP contribution in [0.3, 0.4) is 0 Å². The van der Waals surface area contributed by atoms with E-state index < -0.39 is 0 Å². The zero-order valence-electron chi connectivity index (χ0n) is 5.06. The van der Waals surface area contributed by atoms with Crippen molar-refractivity contribution in [2.24, 2.45) is 5.92 Å². The molecule has 1 heteroatoms. The van der Waals surface area contributed by atoms with Crippen molar-refractivity contribution >= 4 is 0 Å². The van der Waals surface area contributed by atoms with Crippen molar-refractivity contribution in [1.82, 2.24) is 5.32 Å². The Kier molecular flexibility index (Phi) is 2.10. The van der Waals surface area contributed by atoms with Crippen molar-refractivity contribution < 1.29 is 0 Å². The minimum Gasteiger partial charge on any atom is -0.316 e. The standard InChI is InChI=1S/C7H12N/c1-2-3-7-4-5-8-6-7/h2-3,7-8H,1,4-6H2/i6+2. The molecule has 1 unspecified atom stereocenters. The van der Waals surface area contributed by atoms with E-state index in [-0.39, 0.29) is 0 Å². The largest absolute Gasteiger partial charge is 0.316 e. The van der Waals surface area contributed by atoms with Gasteiger partial charge in [0.2, 0.25) is 0 Å². The molecule has 0 amide bonds. The molecule has 45 valence electrons. The summed E-state index contributed by atoms with van der Waals surface area (Å²) in [5.41, 5.74) is 0. The second-order valence-electron chi connectivity index (χ2n) is 2.18. The molecular weight excluding hydrogens is 100 g/mol. The van der Waals surface area contributed by atoms with E-state index in [1.54, 1.807) is 0 Å². The Labute approximate surface area is 50.8 Å². The van der Waals surface area contributed by atoms with Crippen molar-refractivity contribution in [3.05, 3.63) is 19.1 Å². The predicted octanol–water partition coefficient (Wildman–Crippen LogP) is 0.986. The molecular formula is C7H12N. The van der Waals surface area contributed by atoms with Gasteiger partial charge in [-0.15, -0.1) is 6.58 Å². The van der Waals surface area contributed by atoms with E-state index in [9.17, 15) is 0 Å². The normalized spacial score (nSPS) is 28.2. The highest BCUT2D eigenvalue weighted by molar-refractivity contribution is 4.95. The van der Waals surface area contributed by atoms with Crippen molar-refractivity contribution in [3.63, 3.8) is 0 Å². The van der Waals surface area contributed by atoms with Gasteiger partial charge in [-0.1, -0.05) is 6.08 Å². The first-order valence-electron chi connectivity index (χ1n) is 3.10. The van der Waals surface area contributed by atoms with Crippen LogP contribution in [0.1, 0.15) is 6.42 Å². The molecule has 0 aromatic carbocycles. The number of rotatable bonds is 2. The first-order valence-corrected chi connectivity index (χ1v) is 3.10. The molecule has 1 N–H and O–H groups in total. The van der Waals surface area contributed by atoms with Crippen molar-refractivity contribution in [1.29, 1.82) is 0 Å². The summed E-state index contributed by atoms with van der Waals surface area (Å²) in [7, 11) is 0. The maximum Gasteiger partial charge on any atom is -0.00142 e. The summed E-state index contributed by atoms with van der Waals surface area (Å²) in [5.74, 6) is 0.757. The molecule has 1 rings (SSSR count). The van der Waals surface area contributed by atoms with Crippen LogP contribution >= 0.6 is 0 Å². The summed E-state index contributed by atoms with van der Waals surface area (Å²) in [5, 5.41) is 3.28. The molecule has 1 saturated heterocycles. The second kappa shape index (κ2) is 2.88. The van der Waals surface area contributed by atoms with Gasteiger partial charge in [-0.3, -0.25) is 0 Å². The maximum atomic E-state index is 3.64. The number of allylic oxidation sites excluding steroid dienone is 1. The lowest BCUT2D eigenvalue weighted by Crippen LogP contribution is -2.08. The third kappa shape index (κ3) is 1.34. The summed E-state index contributed by atoms with van der Waals surface area (Å²) in [6.45, 7) is 5.96. The molecule has 0 spiro atoms. The van der Waals surface area contributed by atoms with E-state index in [0.717, 1.165) is 12.5 Å². The minimum absolute atomic E-state index is 0.757. The maximum absolute atomic E-state index is 3.64. The van der Waals surface area contributed by atoms with E-state index in [4.69, 9.17) is 0 Å². The third-order valence-corrected chi connectivity index (χ3v) is 1.51. The van der Waals surface area contributed by atoms with Crippen LogP contribution in [0.15, 0.2) is 12.7 Å². The molecule has 0 aliphatic carbocycles. The van der Waals surface area contributed by atoms with Gasteiger partial charge in [-0.2, -0.15) is 0 Å². The van der Waals surface area contributed by atoms with Gasteiger partial charge in [0.1, 0.15) is 0 Å². The SMILES string of the molecule is C=C[CH]C1CCN[14CH2]1. The highest BCUT2D eigenvalue weighted by Gasteiger charge is 2.11. The average Bonchev–Trinajstić information content (AvgIpc) is 2.19. The van der Waals surface area contributed by atoms with Crippen LogP contribution in [0.25, 0.3) is 0 Å². The van der Waals surface area contributed by atoms with Crippen LogP contribution in [0.2, 0.25) is 0 Å². The first kappa shape index (κ1) is 5.83. The van der Waals surface area contributed by atoms with Crippen LogP contribution in [-0.2, 0) is 0 Å². The fourth-order valence-corrected chi connectivity index (χ4v) is 1.03. The van der Waals surface area contributed by atoms with Crippen LogP contribution in [-0.4, -0.2) is 13.1 Å². The third-order valence-electron chi connectivity index (χ3n) is 1.51. The van der Waals surface area contributed by atoms with Crippen LogP contribution in [0, 0.1) is 12.3 Å². The van der Waals surface area contributed by atoms with Gasteiger partial charge >= 0.3 is 0 Å². The van der Waals surface area contributed by atoms with Crippen LogP contribution in [0.5, 0.6) is 0 Å². The Morgan fingerprint density at radius 3 is 3.12 bits per heavy atom. The summed E-state index contributed by atoms with van der Waals surface area (Å²) in [6, 6.07) is 0. The molecule has 0 bridgehead atoms. The molecule has 1 fully saturated rings. The van der Waals surface area contributed by atoms with E-state index in [1.807, 2.05) is 6.08 Å². The molecule has 1 aliphatic heterocycles. The predicted molar refractivity (Wildman–Crippen MR) is 35.5 cm³/mol. The smallest absolute Gasteiger partial charge is 0.00142 e. The van der Waals surface area contributed by atoms with Crippen molar-refractivity contribution in [2.75, 3.05) is 13.1 Å². The second-order valence-corrected chi connectivity index (χ2v) is 2.18. The van der Waals surface area contributed by atoms with Gasteiger partial charge in [0.15, 0.2) is 0 Å². The average molecular weight is 112 g/mol. The van der Waals surface area contributed by atoms with E-state index in [1.165, 1.54) is 13.0 Å². The van der Waals surface area contributed by atoms with Crippen molar-refractivity contribution in [3.8, 4) is 0 Å². The van der Waals surface area contributed by atoms with Gasteiger partial charge in [0.05, 0.1) is 0 Å². The monoisotopic (exact) mass is 112 g/mol. The first-order chi connectivity index (χ1) is 3.93. The lowest BCUT2D eigenvalue weighted by molar-refractivity contribution is 0.692. The Bertz CT molecular complexity index is 72.5. The van der Waals surface area contributed by atoms with Crippen molar-refractivity contribution in [2.45, 2.75) is 6.42 Å². The highest BCUT2D eigenvalue weighted by Crippen LogP contribution is 2.10. The summed E-state index contributed by atoms with van der Waals surface area (Å²) in [4.78, 5) is 0. The summed E-state index contributed by atoms with van der Waals surface area (Å²) in [6.07, 6.45) is 5.34.